The number of amides is 1. The second-order valence-electron chi connectivity index (χ2n) is 9.45. The van der Waals surface area contributed by atoms with Crippen LogP contribution in [-0.4, -0.2) is 66.2 Å². The number of nitrogens with one attached hydrogen (secondary N) is 1. The maximum absolute atomic E-state index is 12.4. The Kier molecular flexibility index (Phi) is 4.98. The molecule has 152 valence electrons. The molecule has 2 fully saturated rings. The van der Waals surface area contributed by atoms with Crippen LogP contribution in [0.1, 0.15) is 39.2 Å². The molecular weight excluding hydrogens is 352 g/mol. The molecule has 1 aromatic rings. The Hall–Kier alpha value is -2.24. The van der Waals surface area contributed by atoms with E-state index in [0.717, 1.165) is 32.0 Å². The lowest BCUT2D eigenvalue weighted by atomic mass is 9.96. The Morgan fingerprint density at radius 3 is 2.68 bits per heavy atom. The van der Waals surface area contributed by atoms with E-state index in [9.17, 15) is 4.79 Å². The maximum Gasteiger partial charge on any atom is 0.410 e. The lowest BCUT2D eigenvalue weighted by molar-refractivity contribution is 0.0137. The molecule has 2 aliphatic heterocycles. The van der Waals surface area contributed by atoms with E-state index in [2.05, 4.69) is 40.5 Å². The molecule has 4 rings (SSSR count). The molecule has 1 atom stereocenters. The number of hydrogen-bond acceptors (Lipinski definition) is 5. The minimum atomic E-state index is -0.454. The Morgan fingerprint density at radius 1 is 1.25 bits per heavy atom. The van der Waals surface area contributed by atoms with Crippen molar-refractivity contribution in [2.75, 3.05) is 32.7 Å². The smallest absolute Gasteiger partial charge is 0.410 e. The average molecular weight is 385 g/mol. The summed E-state index contributed by atoms with van der Waals surface area (Å²) in [4.78, 5) is 21.2. The fourth-order valence-corrected chi connectivity index (χ4v) is 4.11. The molecule has 0 bridgehead atoms. The summed E-state index contributed by atoms with van der Waals surface area (Å²) in [6.45, 7) is 9.61. The number of fused-ring (bicyclic) bond motifs is 1. The number of guanidine groups is 1. The average Bonchev–Trinajstić information content (AvgIpc) is 3.29. The molecule has 6 heteroatoms. The van der Waals surface area contributed by atoms with Crippen LogP contribution in [0.3, 0.4) is 0 Å². The standard InChI is InChI=1S/C22H32N4O2/c1-21(2,3)28-20(27)25-11-12-26-18(15-25)14-23-19(26)24-16-22(9-10-22)13-17-7-5-4-6-8-17/h4-8,18H,9-16H2,1-3H3,(H,23,24). The molecule has 1 N–H and O–H groups in total. The molecule has 1 saturated heterocycles. The van der Waals surface area contributed by atoms with Crippen LogP contribution in [0.25, 0.3) is 0 Å². The molecule has 6 nitrogen and oxygen atoms in total. The van der Waals surface area contributed by atoms with E-state index in [1.54, 1.807) is 0 Å². The zero-order valence-corrected chi connectivity index (χ0v) is 17.3. The van der Waals surface area contributed by atoms with Gasteiger partial charge in [0.1, 0.15) is 5.60 Å². The van der Waals surface area contributed by atoms with Gasteiger partial charge in [-0.05, 0) is 51.0 Å². The largest absolute Gasteiger partial charge is 0.444 e. The minimum absolute atomic E-state index is 0.214. The first-order valence-electron chi connectivity index (χ1n) is 10.4. The number of nitrogens with zero attached hydrogens (tertiary/aromatic N) is 3. The summed E-state index contributed by atoms with van der Waals surface area (Å²) in [5.41, 5.74) is 1.34. The number of ether oxygens (including phenoxy) is 1. The molecule has 2 heterocycles. The number of piperazine rings is 1. The molecule has 3 aliphatic rings. The second kappa shape index (κ2) is 7.30. The monoisotopic (exact) mass is 384 g/mol. The number of hydrogen-bond donors (Lipinski definition) is 1. The Morgan fingerprint density at radius 2 is 2.00 bits per heavy atom. The van der Waals surface area contributed by atoms with Gasteiger partial charge in [-0.2, -0.15) is 0 Å². The predicted octanol–water partition coefficient (Wildman–Crippen LogP) is 2.89. The molecule has 1 unspecified atom stereocenters. The lowest BCUT2D eigenvalue weighted by Crippen LogP contribution is -2.57. The summed E-state index contributed by atoms with van der Waals surface area (Å²) < 4.78 is 5.52. The van der Waals surface area contributed by atoms with Gasteiger partial charge in [0.25, 0.3) is 0 Å². The van der Waals surface area contributed by atoms with E-state index < -0.39 is 5.60 Å². The van der Waals surface area contributed by atoms with Gasteiger partial charge in [0, 0.05) is 26.2 Å². The van der Waals surface area contributed by atoms with Crippen LogP contribution in [0.15, 0.2) is 35.3 Å². The zero-order chi connectivity index (χ0) is 19.8. The Labute approximate surface area is 167 Å². The number of carbonyl (C=O) groups is 1. The van der Waals surface area contributed by atoms with Crippen molar-refractivity contribution in [2.45, 2.75) is 51.7 Å². The van der Waals surface area contributed by atoms with E-state index in [1.165, 1.54) is 18.4 Å². The number of aliphatic imine (C=N–C) groups is 1. The SMILES string of the molecule is CC(C)(C)OC(=O)N1CCN2C(NCC3(Cc4ccccc4)CC3)=NCC2C1. The van der Waals surface area contributed by atoms with Crippen molar-refractivity contribution in [3.63, 3.8) is 0 Å². The van der Waals surface area contributed by atoms with Gasteiger partial charge in [0.05, 0.1) is 12.6 Å². The van der Waals surface area contributed by atoms with E-state index in [1.807, 2.05) is 25.7 Å². The van der Waals surface area contributed by atoms with Crippen LogP contribution >= 0.6 is 0 Å². The zero-order valence-electron chi connectivity index (χ0n) is 17.3. The summed E-state index contributed by atoms with van der Waals surface area (Å²) in [6, 6.07) is 11.0. The molecule has 0 spiro atoms. The number of benzene rings is 1. The Balaban J connectivity index is 1.28. The van der Waals surface area contributed by atoms with Crippen LogP contribution in [-0.2, 0) is 11.2 Å². The maximum atomic E-state index is 12.4. The van der Waals surface area contributed by atoms with Crippen LogP contribution < -0.4 is 5.32 Å². The van der Waals surface area contributed by atoms with E-state index in [4.69, 9.17) is 9.73 Å². The third-order valence-electron chi connectivity index (χ3n) is 5.86. The normalized spacial score (nSPS) is 23.1. The fourth-order valence-electron chi connectivity index (χ4n) is 4.11. The van der Waals surface area contributed by atoms with Gasteiger partial charge in [0.15, 0.2) is 5.96 Å². The van der Waals surface area contributed by atoms with Crippen LogP contribution in [0, 0.1) is 5.41 Å². The summed E-state index contributed by atoms with van der Waals surface area (Å²) >= 11 is 0. The fraction of sp³-hybridized carbons (Fsp3) is 0.636. The minimum Gasteiger partial charge on any atom is -0.444 e. The van der Waals surface area contributed by atoms with Crippen LogP contribution in [0.2, 0.25) is 0 Å². The molecule has 1 aliphatic carbocycles. The third-order valence-corrected chi connectivity index (χ3v) is 5.86. The van der Waals surface area contributed by atoms with Crippen molar-refractivity contribution in [1.29, 1.82) is 0 Å². The van der Waals surface area contributed by atoms with Gasteiger partial charge in [-0.1, -0.05) is 30.3 Å². The van der Waals surface area contributed by atoms with Crippen molar-refractivity contribution in [1.82, 2.24) is 15.1 Å². The molecule has 0 aromatic heterocycles. The van der Waals surface area contributed by atoms with Crippen molar-refractivity contribution in [3.05, 3.63) is 35.9 Å². The van der Waals surface area contributed by atoms with E-state index in [0.29, 0.717) is 18.5 Å². The van der Waals surface area contributed by atoms with Crippen molar-refractivity contribution < 1.29 is 9.53 Å². The third kappa shape index (κ3) is 4.42. The highest BCUT2D eigenvalue weighted by Crippen LogP contribution is 2.47. The second-order valence-corrected chi connectivity index (χ2v) is 9.45. The molecule has 1 aromatic carbocycles. The Bertz CT molecular complexity index is 737. The topological polar surface area (TPSA) is 57.2 Å². The predicted molar refractivity (Wildman–Crippen MR) is 110 cm³/mol. The molecule has 1 saturated carbocycles. The molecule has 28 heavy (non-hydrogen) atoms. The summed E-state index contributed by atoms with van der Waals surface area (Å²) in [5.74, 6) is 1.01. The van der Waals surface area contributed by atoms with Crippen LogP contribution in [0.5, 0.6) is 0 Å². The number of rotatable bonds is 4. The van der Waals surface area contributed by atoms with Crippen molar-refractivity contribution >= 4 is 12.1 Å². The highest BCUT2D eigenvalue weighted by molar-refractivity contribution is 5.82. The van der Waals surface area contributed by atoms with Gasteiger partial charge in [-0.25, -0.2) is 4.79 Å². The van der Waals surface area contributed by atoms with Gasteiger partial charge in [-0.15, -0.1) is 0 Å². The highest BCUT2D eigenvalue weighted by atomic mass is 16.6. The number of carbonyl (C=O) groups excluding carboxylic acids is 1. The highest BCUT2D eigenvalue weighted by Gasteiger charge is 2.43. The van der Waals surface area contributed by atoms with E-state index >= 15 is 0 Å². The van der Waals surface area contributed by atoms with Gasteiger partial charge >= 0.3 is 6.09 Å². The molecule has 1 amide bonds. The quantitative estimate of drug-likeness (QED) is 0.867. The van der Waals surface area contributed by atoms with E-state index in [-0.39, 0.29) is 12.1 Å². The molecule has 0 radical (unpaired) electrons. The summed E-state index contributed by atoms with van der Waals surface area (Å²) in [5, 5.41) is 3.63. The van der Waals surface area contributed by atoms with Crippen LogP contribution in [0.4, 0.5) is 4.79 Å². The first-order valence-corrected chi connectivity index (χ1v) is 10.4. The van der Waals surface area contributed by atoms with Gasteiger partial charge < -0.3 is 19.9 Å². The first kappa shape index (κ1) is 19.1. The first-order chi connectivity index (χ1) is 13.3. The summed E-state index contributed by atoms with van der Waals surface area (Å²) in [6.07, 6.45) is 3.47. The van der Waals surface area contributed by atoms with Gasteiger partial charge in [0.2, 0.25) is 0 Å². The van der Waals surface area contributed by atoms with Crippen molar-refractivity contribution in [2.24, 2.45) is 10.4 Å². The lowest BCUT2D eigenvalue weighted by Gasteiger charge is -2.39. The van der Waals surface area contributed by atoms with Gasteiger partial charge in [-0.3, -0.25) is 4.99 Å². The molecular formula is C22H32N4O2. The summed E-state index contributed by atoms with van der Waals surface area (Å²) in [7, 11) is 0. The van der Waals surface area contributed by atoms with Crippen molar-refractivity contribution in [3.8, 4) is 0 Å².